The average Bonchev–Trinajstić information content (AvgIpc) is 2.86. The molecule has 1 aliphatic rings. The number of nitrogens with one attached hydrogen (secondary N) is 1. The second kappa shape index (κ2) is 6.36. The first-order chi connectivity index (χ1) is 8.81. The number of benzene rings is 1. The van der Waals surface area contributed by atoms with Crippen LogP contribution in [0.1, 0.15) is 12.0 Å². The zero-order valence-corrected chi connectivity index (χ0v) is 10.5. The highest BCUT2D eigenvalue weighted by atomic mass is 16.5. The molecule has 1 fully saturated rings. The van der Waals surface area contributed by atoms with Crippen LogP contribution in [0.2, 0.25) is 0 Å². The standard InChI is InChI=1S/C15H19NO2/c1-2-6-13-9-16-10-14(13)15(17)18-11-12-7-4-3-5-8-12/h2-5,7-8,13-14,16H,1,6,9-11H2/t13-,14?/m0/s1. The van der Waals surface area contributed by atoms with Gasteiger partial charge in [0.05, 0.1) is 5.92 Å². The highest BCUT2D eigenvalue weighted by Crippen LogP contribution is 2.22. The van der Waals surface area contributed by atoms with E-state index in [-0.39, 0.29) is 11.9 Å². The lowest BCUT2D eigenvalue weighted by molar-refractivity contribution is -0.150. The highest BCUT2D eigenvalue weighted by Gasteiger charge is 2.33. The molecule has 1 heterocycles. The molecule has 0 aromatic heterocycles. The zero-order valence-electron chi connectivity index (χ0n) is 10.5. The van der Waals surface area contributed by atoms with Crippen LogP contribution >= 0.6 is 0 Å². The SMILES string of the molecule is C=CC[C@H]1CNCC1C(=O)OCc1ccccc1. The van der Waals surface area contributed by atoms with Gasteiger partial charge in [0, 0.05) is 6.54 Å². The van der Waals surface area contributed by atoms with Crippen molar-refractivity contribution in [3.63, 3.8) is 0 Å². The van der Waals surface area contributed by atoms with Gasteiger partial charge in [-0.25, -0.2) is 0 Å². The van der Waals surface area contributed by atoms with Crippen molar-refractivity contribution in [2.75, 3.05) is 13.1 Å². The van der Waals surface area contributed by atoms with Gasteiger partial charge in [-0.05, 0) is 24.4 Å². The van der Waals surface area contributed by atoms with E-state index >= 15 is 0 Å². The van der Waals surface area contributed by atoms with Gasteiger partial charge in [0.1, 0.15) is 6.61 Å². The van der Waals surface area contributed by atoms with Gasteiger partial charge in [0.2, 0.25) is 0 Å². The van der Waals surface area contributed by atoms with Gasteiger partial charge in [0.15, 0.2) is 0 Å². The smallest absolute Gasteiger partial charge is 0.310 e. The molecule has 96 valence electrons. The van der Waals surface area contributed by atoms with Gasteiger partial charge in [-0.1, -0.05) is 36.4 Å². The Morgan fingerprint density at radius 3 is 2.89 bits per heavy atom. The molecule has 2 rings (SSSR count). The molecule has 1 aromatic rings. The van der Waals surface area contributed by atoms with Crippen molar-refractivity contribution in [3.8, 4) is 0 Å². The Kier molecular flexibility index (Phi) is 4.53. The van der Waals surface area contributed by atoms with Crippen LogP contribution in [0.15, 0.2) is 43.0 Å². The fourth-order valence-corrected chi connectivity index (χ4v) is 2.31. The molecule has 1 unspecified atom stereocenters. The summed E-state index contributed by atoms with van der Waals surface area (Å²) < 4.78 is 5.38. The molecule has 0 radical (unpaired) electrons. The van der Waals surface area contributed by atoms with Gasteiger partial charge >= 0.3 is 5.97 Å². The summed E-state index contributed by atoms with van der Waals surface area (Å²) in [5.41, 5.74) is 1.03. The average molecular weight is 245 g/mol. The maximum atomic E-state index is 12.0. The van der Waals surface area contributed by atoms with E-state index in [0.29, 0.717) is 19.1 Å². The molecule has 0 bridgehead atoms. The van der Waals surface area contributed by atoms with Crippen molar-refractivity contribution < 1.29 is 9.53 Å². The maximum absolute atomic E-state index is 12.0. The van der Waals surface area contributed by atoms with Crippen molar-refractivity contribution in [2.24, 2.45) is 11.8 Å². The third-order valence-electron chi connectivity index (χ3n) is 3.34. The Morgan fingerprint density at radius 2 is 2.17 bits per heavy atom. The second-order valence-electron chi connectivity index (χ2n) is 4.64. The summed E-state index contributed by atoms with van der Waals surface area (Å²) in [5.74, 6) is 0.188. The third-order valence-corrected chi connectivity index (χ3v) is 3.34. The molecule has 3 nitrogen and oxygen atoms in total. The molecular weight excluding hydrogens is 226 g/mol. The Labute approximate surface area is 108 Å². The summed E-state index contributed by atoms with van der Waals surface area (Å²) >= 11 is 0. The van der Waals surface area contributed by atoms with Gasteiger partial charge in [0.25, 0.3) is 0 Å². The lowest BCUT2D eigenvalue weighted by Crippen LogP contribution is -2.24. The summed E-state index contributed by atoms with van der Waals surface area (Å²) in [6.45, 7) is 5.68. The molecule has 1 aliphatic heterocycles. The predicted molar refractivity (Wildman–Crippen MR) is 70.9 cm³/mol. The predicted octanol–water partition coefficient (Wildman–Crippen LogP) is 2.14. The highest BCUT2D eigenvalue weighted by molar-refractivity contribution is 5.73. The quantitative estimate of drug-likeness (QED) is 0.638. The van der Waals surface area contributed by atoms with E-state index in [2.05, 4.69) is 11.9 Å². The minimum Gasteiger partial charge on any atom is -0.461 e. The van der Waals surface area contributed by atoms with Gasteiger partial charge in [-0.2, -0.15) is 0 Å². The summed E-state index contributed by atoms with van der Waals surface area (Å²) in [4.78, 5) is 12.0. The van der Waals surface area contributed by atoms with Crippen LogP contribution in [0.25, 0.3) is 0 Å². The minimum absolute atomic E-state index is 0.0355. The van der Waals surface area contributed by atoms with Gasteiger partial charge < -0.3 is 10.1 Å². The molecule has 0 spiro atoms. The van der Waals surface area contributed by atoms with Crippen LogP contribution in [0.4, 0.5) is 0 Å². The van der Waals surface area contributed by atoms with Crippen molar-refractivity contribution in [3.05, 3.63) is 48.6 Å². The van der Waals surface area contributed by atoms with E-state index in [9.17, 15) is 4.79 Å². The van der Waals surface area contributed by atoms with Crippen molar-refractivity contribution in [1.82, 2.24) is 5.32 Å². The fraction of sp³-hybridized carbons (Fsp3) is 0.400. The largest absolute Gasteiger partial charge is 0.461 e. The second-order valence-corrected chi connectivity index (χ2v) is 4.64. The lowest BCUT2D eigenvalue weighted by Gasteiger charge is -2.15. The van der Waals surface area contributed by atoms with Gasteiger partial charge in [-0.15, -0.1) is 6.58 Å². The number of hydrogen-bond acceptors (Lipinski definition) is 3. The van der Waals surface area contributed by atoms with E-state index in [1.807, 2.05) is 36.4 Å². The molecule has 1 N–H and O–H groups in total. The van der Waals surface area contributed by atoms with Crippen molar-refractivity contribution in [2.45, 2.75) is 13.0 Å². The molecule has 0 saturated carbocycles. The van der Waals surface area contributed by atoms with Crippen LogP contribution in [-0.4, -0.2) is 19.1 Å². The number of hydrogen-bond donors (Lipinski definition) is 1. The Hall–Kier alpha value is -1.61. The monoisotopic (exact) mass is 245 g/mol. The van der Waals surface area contributed by atoms with Crippen LogP contribution in [0, 0.1) is 11.8 Å². The number of carbonyl (C=O) groups excluding carboxylic acids is 1. The molecule has 0 aliphatic carbocycles. The Balaban J connectivity index is 1.86. The topological polar surface area (TPSA) is 38.3 Å². The van der Waals surface area contributed by atoms with E-state index in [1.165, 1.54) is 0 Å². The van der Waals surface area contributed by atoms with Crippen LogP contribution < -0.4 is 5.32 Å². The van der Waals surface area contributed by atoms with Crippen molar-refractivity contribution >= 4 is 5.97 Å². The van der Waals surface area contributed by atoms with Crippen LogP contribution in [0.3, 0.4) is 0 Å². The first kappa shape index (κ1) is 12.8. The Morgan fingerprint density at radius 1 is 1.39 bits per heavy atom. The third kappa shape index (κ3) is 3.20. The van der Waals surface area contributed by atoms with Crippen LogP contribution in [-0.2, 0) is 16.1 Å². The lowest BCUT2D eigenvalue weighted by atomic mass is 9.93. The molecule has 0 amide bonds. The summed E-state index contributed by atoms with van der Waals surface area (Å²) in [7, 11) is 0. The summed E-state index contributed by atoms with van der Waals surface area (Å²) in [5, 5.41) is 3.24. The first-order valence-corrected chi connectivity index (χ1v) is 6.33. The first-order valence-electron chi connectivity index (χ1n) is 6.33. The molecule has 1 aromatic carbocycles. The van der Waals surface area contributed by atoms with Gasteiger partial charge in [-0.3, -0.25) is 4.79 Å². The van der Waals surface area contributed by atoms with Crippen molar-refractivity contribution in [1.29, 1.82) is 0 Å². The van der Waals surface area contributed by atoms with Crippen LogP contribution in [0.5, 0.6) is 0 Å². The van der Waals surface area contributed by atoms with E-state index < -0.39 is 0 Å². The molecule has 2 atom stereocenters. The number of allylic oxidation sites excluding steroid dienone is 1. The summed E-state index contributed by atoms with van der Waals surface area (Å²) in [6, 6.07) is 9.76. The normalized spacial score (nSPS) is 22.7. The van der Waals surface area contributed by atoms with E-state index in [1.54, 1.807) is 0 Å². The number of esters is 1. The number of carbonyl (C=O) groups is 1. The number of rotatable bonds is 5. The molecule has 18 heavy (non-hydrogen) atoms. The maximum Gasteiger partial charge on any atom is 0.310 e. The molecule has 3 heteroatoms. The summed E-state index contributed by atoms with van der Waals surface area (Å²) in [6.07, 6.45) is 2.73. The number of ether oxygens (including phenoxy) is 1. The zero-order chi connectivity index (χ0) is 12.8. The molecule has 1 saturated heterocycles. The van der Waals surface area contributed by atoms with E-state index in [0.717, 1.165) is 18.5 Å². The minimum atomic E-state index is -0.101. The van der Waals surface area contributed by atoms with E-state index in [4.69, 9.17) is 4.74 Å². The molecular formula is C15H19NO2. The fourth-order valence-electron chi connectivity index (χ4n) is 2.31. The Bertz CT molecular complexity index is 402.